The maximum absolute atomic E-state index is 13.5. The van der Waals surface area contributed by atoms with E-state index in [4.69, 9.17) is 0 Å². The van der Waals surface area contributed by atoms with Crippen LogP contribution in [-0.4, -0.2) is 11.5 Å². The Morgan fingerprint density at radius 3 is 2.74 bits per heavy atom. The SMILES string of the molecule is Cc1cc(NCCCC2CCCCC2)c2cc(F)ccc2n1.Cl. The highest BCUT2D eigenvalue weighted by molar-refractivity contribution is 5.91. The molecule has 126 valence electrons. The number of rotatable bonds is 5. The average molecular weight is 337 g/mol. The molecule has 0 unspecified atom stereocenters. The van der Waals surface area contributed by atoms with E-state index in [2.05, 4.69) is 10.3 Å². The largest absolute Gasteiger partial charge is 0.384 e. The quantitative estimate of drug-likeness (QED) is 0.690. The van der Waals surface area contributed by atoms with Gasteiger partial charge in [-0.15, -0.1) is 12.4 Å². The third-order valence-corrected chi connectivity index (χ3v) is 4.73. The van der Waals surface area contributed by atoms with Crippen LogP contribution in [-0.2, 0) is 0 Å². The first kappa shape index (κ1) is 18.0. The van der Waals surface area contributed by atoms with Gasteiger partial charge in [0.1, 0.15) is 5.82 Å². The maximum Gasteiger partial charge on any atom is 0.124 e. The van der Waals surface area contributed by atoms with Crippen LogP contribution in [0.1, 0.15) is 50.6 Å². The smallest absolute Gasteiger partial charge is 0.124 e. The Morgan fingerprint density at radius 1 is 1.17 bits per heavy atom. The molecular formula is C19H26ClFN2. The number of hydrogen-bond acceptors (Lipinski definition) is 2. The molecule has 0 spiro atoms. The van der Waals surface area contributed by atoms with Crippen LogP contribution in [0.25, 0.3) is 10.9 Å². The summed E-state index contributed by atoms with van der Waals surface area (Å²) in [7, 11) is 0. The summed E-state index contributed by atoms with van der Waals surface area (Å²) in [6.07, 6.45) is 9.54. The number of benzene rings is 1. The van der Waals surface area contributed by atoms with Crippen molar-refractivity contribution in [2.75, 3.05) is 11.9 Å². The predicted molar refractivity (Wildman–Crippen MR) is 98.0 cm³/mol. The molecule has 1 aromatic carbocycles. The van der Waals surface area contributed by atoms with Crippen molar-refractivity contribution in [3.63, 3.8) is 0 Å². The third-order valence-electron chi connectivity index (χ3n) is 4.73. The van der Waals surface area contributed by atoms with Crippen molar-refractivity contribution in [1.82, 2.24) is 4.98 Å². The van der Waals surface area contributed by atoms with Crippen molar-refractivity contribution in [2.45, 2.75) is 51.9 Å². The van der Waals surface area contributed by atoms with Gasteiger partial charge >= 0.3 is 0 Å². The van der Waals surface area contributed by atoms with Crippen LogP contribution in [0.2, 0.25) is 0 Å². The minimum atomic E-state index is -0.205. The molecule has 1 N–H and O–H groups in total. The molecule has 4 heteroatoms. The zero-order valence-corrected chi connectivity index (χ0v) is 14.6. The summed E-state index contributed by atoms with van der Waals surface area (Å²) < 4.78 is 13.5. The van der Waals surface area contributed by atoms with Gasteiger partial charge in [-0.2, -0.15) is 0 Å². The molecule has 2 nitrogen and oxygen atoms in total. The predicted octanol–water partition coefficient (Wildman–Crippen LogP) is 5.88. The molecular weight excluding hydrogens is 311 g/mol. The third kappa shape index (κ3) is 4.81. The first-order chi connectivity index (χ1) is 10.7. The summed E-state index contributed by atoms with van der Waals surface area (Å²) in [5, 5.41) is 4.37. The van der Waals surface area contributed by atoms with Gasteiger partial charge in [-0.25, -0.2) is 4.39 Å². The molecule has 0 atom stereocenters. The highest BCUT2D eigenvalue weighted by atomic mass is 35.5. The van der Waals surface area contributed by atoms with Crippen molar-refractivity contribution < 1.29 is 4.39 Å². The van der Waals surface area contributed by atoms with Gasteiger partial charge in [0.2, 0.25) is 0 Å². The van der Waals surface area contributed by atoms with E-state index in [-0.39, 0.29) is 18.2 Å². The van der Waals surface area contributed by atoms with Crippen molar-refractivity contribution in [1.29, 1.82) is 0 Å². The van der Waals surface area contributed by atoms with E-state index in [1.165, 1.54) is 51.0 Å². The minimum absolute atomic E-state index is 0. The molecule has 0 aliphatic heterocycles. The van der Waals surface area contributed by atoms with Gasteiger partial charge in [0.05, 0.1) is 5.52 Å². The fourth-order valence-electron chi connectivity index (χ4n) is 3.57. The van der Waals surface area contributed by atoms with Gasteiger partial charge in [-0.05, 0) is 49.9 Å². The molecule has 0 bridgehead atoms. The van der Waals surface area contributed by atoms with E-state index in [9.17, 15) is 4.39 Å². The minimum Gasteiger partial charge on any atom is -0.384 e. The lowest BCUT2D eigenvalue weighted by Crippen LogP contribution is -2.09. The van der Waals surface area contributed by atoms with Crippen LogP contribution < -0.4 is 5.32 Å². The van der Waals surface area contributed by atoms with Crippen LogP contribution in [0.15, 0.2) is 24.3 Å². The zero-order valence-electron chi connectivity index (χ0n) is 13.8. The Balaban J connectivity index is 0.00000192. The number of aromatic nitrogens is 1. The fraction of sp³-hybridized carbons (Fsp3) is 0.526. The standard InChI is InChI=1S/C19H25FN2.ClH/c1-14-12-19(17-13-16(20)9-10-18(17)22-14)21-11-5-8-15-6-3-2-4-7-15;/h9-10,12-13,15H,2-8,11H2,1H3,(H,21,22);1H. The Morgan fingerprint density at radius 2 is 1.96 bits per heavy atom. The maximum atomic E-state index is 13.5. The first-order valence-electron chi connectivity index (χ1n) is 8.53. The van der Waals surface area contributed by atoms with Crippen LogP contribution in [0.5, 0.6) is 0 Å². The van der Waals surface area contributed by atoms with E-state index >= 15 is 0 Å². The zero-order chi connectivity index (χ0) is 15.4. The number of aryl methyl sites for hydroxylation is 1. The van der Waals surface area contributed by atoms with Gasteiger partial charge in [0.25, 0.3) is 0 Å². The fourth-order valence-corrected chi connectivity index (χ4v) is 3.57. The monoisotopic (exact) mass is 336 g/mol. The summed E-state index contributed by atoms with van der Waals surface area (Å²) in [4.78, 5) is 4.47. The number of hydrogen-bond donors (Lipinski definition) is 1. The van der Waals surface area contributed by atoms with Gasteiger partial charge in [0.15, 0.2) is 0 Å². The number of nitrogens with zero attached hydrogens (tertiary/aromatic N) is 1. The number of pyridine rings is 1. The second kappa shape index (κ2) is 8.49. The topological polar surface area (TPSA) is 24.9 Å². The summed E-state index contributed by atoms with van der Waals surface area (Å²) in [6, 6.07) is 6.82. The van der Waals surface area contributed by atoms with Crippen molar-refractivity contribution in [2.24, 2.45) is 5.92 Å². The van der Waals surface area contributed by atoms with Crippen LogP contribution in [0, 0.1) is 18.7 Å². The molecule has 1 saturated carbocycles. The van der Waals surface area contributed by atoms with Gasteiger partial charge < -0.3 is 5.32 Å². The highest BCUT2D eigenvalue weighted by Crippen LogP contribution is 2.28. The van der Waals surface area contributed by atoms with Crippen LogP contribution >= 0.6 is 12.4 Å². The molecule has 0 amide bonds. The van der Waals surface area contributed by atoms with Crippen molar-refractivity contribution in [3.05, 3.63) is 35.8 Å². The number of fused-ring (bicyclic) bond motifs is 1. The Kier molecular flexibility index (Phi) is 6.64. The van der Waals surface area contributed by atoms with Gasteiger partial charge in [0, 0.05) is 23.3 Å². The van der Waals surface area contributed by atoms with Gasteiger partial charge in [-0.1, -0.05) is 32.1 Å². The molecule has 23 heavy (non-hydrogen) atoms. The van der Waals surface area contributed by atoms with Crippen LogP contribution in [0.4, 0.5) is 10.1 Å². The molecule has 1 aliphatic carbocycles. The van der Waals surface area contributed by atoms with Crippen LogP contribution in [0.3, 0.4) is 0 Å². The van der Waals surface area contributed by atoms with Gasteiger partial charge in [-0.3, -0.25) is 4.98 Å². The lowest BCUT2D eigenvalue weighted by Gasteiger charge is -2.21. The normalized spacial score (nSPS) is 15.4. The summed E-state index contributed by atoms with van der Waals surface area (Å²) in [5.41, 5.74) is 2.83. The molecule has 0 saturated heterocycles. The molecule has 1 aromatic heterocycles. The van der Waals surface area contributed by atoms with E-state index in [1.807, 2.05) is 13.0 Å². The lowest BCUT2D eigenvalue weighted by molar-refractivity contribution is 0.335. The summed E-state index contributed by atoms with van der Waals surface area (Å²) in [6.45, 7) is 2.93. The molecule has 0 radical (unpaired) electrons. The summed E-state index contributed by atoms with van der Waals surface area (Å²) in [5.74, 6) is 0.715. The first-order valence-corrected chi connectivity index (χ1v) is 8.53. The Labute approximate surface area is 144 Å². The molecule has 3 rings (SSSR count). The number of anilines is 1. The van der Waals surface area contributed by atoms with E-state index < -0.39 is 0 Å². The second-order valence-electron chi connectivity index (χ2n) is 6.55. The Hall–Kier alpha value is -1.35. The summed E-state index contributed by atoms with van der Waals surface area (Å²) >= 11 is 0. The van der Waals surface area contributed by atoms with E-state index in [0.717, 1.165) is 34.7 Å². The Bertz CT molecular complexity index is 639. The number of halogens is 2. The molecule has 1 heterocycles. The molecule has 2 aromatic rings. The second-order valence-corrected chi connectivity index (χ2v) is 6.55. The molecule has 1 aliphatic rings. The van der Waals surface area contributed by atoms with Crippen molar-refractivity contribution in [3.8, 4) is 0 Å². The van der Waals surface area contributed by atoms with Crippen molar-refractivity contribution >= 4 is 29.0 Å². The van der Waals surface area contributed by atoms with E-state index in [1.54, 1.807) is 12.1 Å². The lowest BCUT2D eigenvalue weighted by atomic mass is 9.86. The molecule has 1 fully saturated rings. The average Bonchev–Trinajstić information content (AvgIpc) is 2.53. The van der Waals surface area contributed by atoms with E-state index in [0.29, 0.717) is 0 Å². The number of nitrogens with one attached hydrogen (secondary N) is 1. The highest BCUT2D eigenvalue weighted by Gasteiger charge is 2.12.